The Morgan fingerprint density at radius 1 is 1.23 bits per heavy atom. The predicted molar refractivity (Wildman–Crippen MR) is 103 cm³/mol. The van der Waals surface area contributed by atoms with Gasteiger partial charge in [-0.3, -0.25) is 10.2 Å². The molecule has 1 aromatic heterocycles. The molecule has 26 heavy (non-hydrogen) atoms. The van der Waals surface area contributed by atoms with Crippen LogP contribution < -0.4 is 0 Å². The Kier molecular flexibility index (Phi) is 3.94. The zero-order chi connectivity index (χ0) is 18.5. The summed E-state index contributed by atoms with van der Waals surface area (Å²) in [5.41, 5.74) is 4.78. The van der Waals surface area contributed by atoms with Crippen LogP contribution in [0.3, 0.4) is 0 Å². The highest BCUT2D eigenvalue weighted by Crippen LogP contribution is 2.39. The first-order chi connectivity index (χ1) is 12.3. The van der Waals surface area contributed by atoms with Gasteiger partial charge in [0.1, 0.15) is 11.5 Å². The van der Waals surface area contributed by atoms with Crippen LogP contribution in [0.4, 0.5) is 0 Å². The number of hydrogen-bond donors (Lipinski definition) is 1. The summed E-state index contributed by atoms with van der Waals surface area (Å²) in [6, 6.07) is 12.0. The minimum atomic E-state index is 0.00993. The molecule has 1 fully saturated rings. The van der Waals surface area contributed by atoms with Crippen molar-refractivity contribution in [3.63, 3.8) is 0 Å². The molecule has 2 heterocycles. The number of benzene rings is 1. The summed E-state index contributed by atoms with van der Waals surface area (Å²) < 4.78 is 0. The first kappa shape index (κ1) is 17.0. The van der Waals surface area contributed by atoms with Gasteiger partial charge in [0.15, 0.2) is 5.78 Å². The summed E-state index contributed by atoms with van der Waals surface area (Å²) in [6.07, 6.45) is 2.40. The van der Waals surface area contributed by atoms with Crippen LogP contribution in [0.5, 0.6) is 0 Å². The number of aromatic nitrogens is 1. The second-order valence-corrected chi connectivity index (χ2v) is 8.48. The quantitative estimate of drug-likeness (QED) is 0.840. The lowest BCUT2D eigenvalue weighted by atomic mass is 9.86. The van der Waals surface area contributed by atoms with E-state index in [1.54, 1.807) is 0 Å². The lowest BCUT2D eigenvalue weighted by Crippen LogP contribution is -2.30. The first-order valence-electron chi connectivity index (χ1n) is 9.30. The van der Waals surface area contributed by atoms with Crippen molar-refractivity contribution in [2.75, 3.05) is 6.54 Å². The fourth-order valence-corrected chi connectivity index (χ4v) is 3.44. The molecule has 0 unspecified atom stereocenters. The van der Waals surface area contributed by atoms with Crippen molar-refractivity contribution in [3.05, 3.63) is 64.5 Å². The lowest BCUT2D eigenvalue weighted by molar-refractivity contribution is 0.0962. The molecule has 134 valence electrons. The van der Waals surface area contributed by atoms with E-state index >= 15 is 0 Å². The van der Waals surface area contributed by atoms with E-state index in [0.717, 1.165) is 22.5 Å². The number of nitrogens with one attached hydrogen (secondary N) is 1. The largest absolute Gasteiger partial charge is 0.343 e. The Morgan fingerprint density at radius 2 is 2.00 bits per heavy atom. The molecule has 0 radical (unpaired) electrons. The SMILES string of the molecule is CC(C)(C)c1cccc(C(=O)CN2Cc3ccc(C4CC4)nc3C2=N)c1. The Bertz CT molecular complexity index is 891. The molecule has 2 aliphatic rings. The molecular weight excluding hydrogens is 322 g/mol. The van der Waals surface area contributed by atoms with Crippen LogP contribution in [0.2, 0.25) is 0 Å². The van der Waals surface area contributed by atoms with Crippen molar-refractivity contribution in [1.29, 1.82) is 5.41 Å². The van der Waals surface area contributed by atoms with Gasteiger partial charge in [0.2, 0.25) is 0 Å². The number of pyridine rings is 1. The molecule has 1 aromatic carbocycles. The molecule has 4 nitrogen and oxygen atoms in total. The van der Waals surface area contributed by atoms with Crippen molar-refractivity contribution in [1.82, 2.24) is 9.88 Å². The highest BCUT2D eigenvalue weighted by atomic mass is 16.1. The van der Waals surface area contributed by atoms with Gasteiger partial charge in [-0.15, -0.1) is 0 Å². The normalized spacial score (nSPS) is 16.7. The maximum Gasteiger partial charge on any atom is 0.182 e. The van der Waals surface area contributed by atoms with E-state index in [1.165, 1.54) is 12.8 Å². The van der Waals surface area contributed by atoms with E-state index in [4.69, 9.17) is 10.4 Å². The van der Waals surface area contributed by atoms with Crippen LogP contribution in [-0.4, -0.2) is 28.0 Å². The van der Waals surface area contributed by atoms with Crippen molar-refractivity contribution in [2.24, 2.45) is 0 Å². The molecular formula is C22H25N3O. The van der Waals surface area contributed by atoms with Gasteiger partial charge >= 0.3 is 0 Å². The standard InChI is InChI=1S/C22H25N3O/c1-22(2,3)17-6-4-5-15(11-17)19(26)13-25-12-16-9-10-18(14-7-8-14)24-20(16)21(25)23/h4-6,9-11,14,23H,7-8,12-13H2,1-3H3. The number of fused-ring (bicyclic) bond motifs is 1. The van der Waals surface area contributed by atoms with Gasteiger partial charge in [-0.05, 0) is 36.0 Å². The molecule has 4 rings (SSSR count). The van der Waals surface area contributed by atoms with Gasteiger partial charge in [0, 0.05) is 29.3 Å². The molecule has 0 bridgehead atoms. The van der Waals surface area contributed by atoms with Crippen LogP contribution >= 0.6 is 0 Å². The second kappa shape index (κ2) is 6.04. The Balaban J connectivity index is 1.51. The van der Waals surface area contributed by atoms with Gasteiger partial charge in [-0.1, -0.05) is 45.0 Å². The number of nitrogens with zero attached hydrogens (tertiary/aromatic N) is 2. The van der Waals surface area contributed by atoms with Gasteiger partial charge < -0.3 is 4.90 Å². The number of amidine groups is 1. The molecule has 2 aromatic rings. The minimum absolute atomic E-state index is 0.00993. The van der Waals surface area contributed by atoms with Crippen LogP contribution in [0, 0.1) is 5.41 Å². The van der Waals surface area contributed by atoms with E-state index < -0.39 is 0 Å². The summed E-state index contributed by atoms with van der Waals surface area (Å²) in [7, 11) is 0. The van der Waals surface area contributed by atoms with Crippen LogP contribution in [0.15, 0.2) is 36.4 Å². The molecule has 1 N–H and O–H groups in total. The van der Waals surface area contributed by atoms with Gasteiger partial charge in [0.25, 0.3) is 0 Å². The van der Waals surface area contributed by atoms with E-state index in [1.807, 2.05) is 23.1 Å². The van der Waals surface area contributed by atoms with Crippen LogP contribution in [-0.2, 0) is 12.0 Å². The molecule has 0 amide bonds. The minimum Gasteiger partial charge on any atom is -0.343 e. The van der Waals surface area contributed by atoms with Gasteiger partial charge in [-0.25, -0.2) is 4.98 Å². The zero-order valence-electron chi connectivity index (χ0n) is 15.7. The number of rotatable bonds is 4. The van der Waals surface area contributed by atoms with Crippen LogP contribution in [0.25, 0.3) is 0 Å². The number of Topliss-reactive ketones (excluding diaryl/α,β-unsaturated/α-hetero) is 1. The number of hydrogen-bond acceptors (Lipinski definition) is 3. The van der Waals surface area contributed by atoms with Crippen molar-refractivity contribution >= 4 is 11.6 Å². The monoisotopic (exact) mass is 347 g/mol. The summed E-state index contributed by atoms with van der Waals surface area (Å²) in [5, 5.41) is 8.45. The third-order valence-electron chi connectivity index (χ3n) is 5.28. The summed E-state index contributed by atoms with van der Waals surface area (Å²) in [5.74, 6) is 1.00. The molecule has 0 atom stereocenters. The van der Waals surface area contributed by atoms with Crippen LogP contribution in [0.1, 0.15) is 72.4 Å². The molecule has 4 heteroatoms. The number of carbonyl (C=O) groups excluding carboxylic acids is 1. The fourth-order valence-electron chi connectivity index (χ4n) is 3.44. The lowest BCUT2D eigenvalue weighted by Gasteiger charge is -2.20. The predicted octanol–water partition coefficient (Wildman–Crippen LogP) is 4.28. The van der Waals surface area contributed by atoms with Crippen molar-refractivity contribution in [2.45, 2.75) is 51.5 Å². The van der Waals surface area contributed by atoms with E-state index in [9.17, 15) is 4.79 Å². The molecule has 0 saturated heterocycles. The maximum atomic E-state index is 12.8. The topological polar surface area (TPSA) is 57.1 Å². The third-order valence-corrected chi connectivity index (χ3v) is 5.28. The van der Waals surface area contributed by atoms with E-state index in [0.29, 0.717) is 23.9 Å². The van der Waals surface area contributed by atoms with Gasteiger partial charge in [-0.2, -0.15) is 0 Å². The average Bonchev–Trinajstić information content (AvgIpc) is 3.41. The summed E-state index contributed by atoms with van der Waals surface area (Å²) in [4.78, 5) is 19.3. The first-order valence-corrected chi connectivity index (χ1v) is 9.30. The summed E-state index contributed by atoms with van der Waals surface area (Å²) in [6.45, 7) is 7.25. The fraction of sp³-hybridized carbons (Fsp3) is 0.409. The Hall–Kier alpha value is -2.49. The van der Waals surface area contributed by atoms with Gasteiger partial charge in [0.05, 0.1) is 6.54 Å². The number of carbonyl (C=O) groups is 1. The zero-order valence-corrected chi connectivity index (χ0v) is 15.7. The highest BCUT2D eigenvalue weighted by Gasteiger charge is 2.31. The molecule has 1 aliphatic heterocycles. The molecule has 1 saturated carbocycles. The Labute approximate surface area is 154 Å². The summed E-state index contributed by atoms with van der Waals surface area (Å²) >= 11 is 0. The molecule has 0 spiro atoms. The van der Waals surface area contributed by atoms with E-state index in [2.05, 4.69) is 39.0 Å². The number of ketones is 1. The third kappa shape index (κ3) is 3.16. The van der Waals surface area contributed by atoms with Crippen molar-refractivity contribution < 1.29 is 4.79 Å². The smallest absolute Gasteiger partial charge is 0.182 e. The van der Waals surface area contributed by atoms with E-state index in [-0.39, 0.29) is 17.7 Å². The Morgan fingerprint density at radius 3 is 2.69 bits per heavy atom. The average molecular weight is 347 g/mol. The second-order valence-electron chi connectivity index (χ2n) is 8.48. The highest BCUT2D eigenvalue weighted by molar-refractivity contribution is 6.04. The maximum absolute atomic E-state index is 12.8. The molecule has 1 aliphatic carbocycles. The van der Waals surface area contributed by atoms with Crippen molar-refractivity contribution in [3.8, 4) is 0 Å².